The van der Waals surface area contributed by atoms with Crippen molar-refractivity contribution in [3.05, 3.63) is 178 Å². The Hall–Kier alpha value is -5.20. The van der Waals surface area contributed by atoms with Gasteiger partial charge in [0, 0.05) is 0 Å². The van der Waals surface area contributed by atoms with Gasteiger partial charge in [0.15, 0.2) is 0 Å². The van der Waals surface area contributed by atoms with Gasteiger partial charge < -0.3 is 0 Å². The molecule has 0 bridgehead atoms. The first-order valence-electron chi connectivity index (χ1n) is 14.0. The van der Waals surface area contributed by atoms with Crippen LogP contribution in [0.2, 0.25) is 0 Å². The van der Waals surface area contributed by atoms with Crippen LogP contribution in [-0.2, 0) is 0 Å². The van der Waals surface area contributed by atoms with Gasteiger partial charge in [0.1, 0.15) is 0 Å². The summed E-state index contributed by atoms with van der Waals surface area (Å²) in [6, 6.07) is 53.6. The van der Waals surface area contributed by atoms with E-state index in [1.165, 1.54) is 87.6 Å². The van der Waals surface area contributed by atoms with Crippen molar-refractivity contribution in [3.63, 3.8) is 0 Å². The van der Waals surface area contributed by atoms with E-state index in [0.717, 1.165) is 0 Å². The second-order valence-corrected chi connectivity index (χ2v) is 10.8. The Morgan fingerprint density at radius 1 is 0.200 bits per heavy atom. The number of rotatable bonds is 0. The van der Waals surface area contributed by atoms with E-state index in [1.54, 1.807) is 0 Å². The monoisotopic (exact) mass is 504 g/mol. The molecule has 0 nitrogen and oxygen atoms in total. The molecule has 0 fully saturated rings. The Morgan fingerprint density at radius 3 is 0.650 bits per heavy atom. The fraction of sp³-hybridized carbons (Fsp3) is 0. The normalized spacial score (nSPS) is 12.9. The summed E-state index contributed by atoms with van der Waals surface area (Å²) in [5.41, 5.74) is 13.2. The maximum Gasteiger partial charge on any atom is -0.00139 e. The molecule has 2 aliphatic rings. The molecule has 0 saturated heterocycles. The molecule has 0 N–H and O–H groups in total. The number of fused-ring (bicyclic) bond motifs is 8. The lowest BCUT2D eigenvalue weighted by Crippen LogP contribution is -2.19. The molecular formula is C40H24. The molecule has 0 aliphatic heterocycles. The van der Waals surface area contributed by atoms with Crippen LogP contribution in [0.5, 0.6) is 0 Å². The van der Waals surface area contributed by atoms with Crippen LogP contribution in [0.15, 0.2) is 146 Å². The fourth-order valence-electron chi connectivity index (χ4n) is 7.24. The number of hydrogen-bond donors (Lipinski definition) is 0. The van der Waals surface area contributed by atoms with Crippen LogP contribution < -0.4 is 10.4 Å². The molecule has 0 atom stereocenters. The first-order valence-corrected chi connectivity index (χ1v) is 14.0. The fourth-order valence-corrected chi connectivity index (χ4v) is 7.24. The van der Waals surface area contributed by atoms with Gasteiger partial charge in [-0.05, 0) is 87.6 Å². The van der Waals surface area contributed by atoms with Crippen LogP contribution in [0.25, 0.3) is 54.9 Å². The average molecular weight is 505 g/mol. The van der Waals surface area contributed by atoms with E-state index in [0.29, 0.717) is 0 Å². The zero-order valence-electron chi connectivity index (χ0n) is 21.9. The lowest BCUT2D eigenvalue weighted by atomic mass is 9.89. The summed E-state index contributed by atoms with van der Waals surface area (Å²) in [6.45, 7) is 0. The molecular weight excluding hydrogens is 480 g/mol. The zero-order valence-corrected chi connectivity index (χ0v) is 21.9. The van der Waals surface area contributed by atoms with Crippen LogP contribution in [0.3, 0.4) is 0 Å². The minimum absolute atomic E-state index is 1.30. The highest BCUT2D eigenvalue weighted by atomic mass is 14.3. The maximum absolute atomic E-state index is 2.32. The molecule has 7 aromatic carbocycles. The van der Waals surface area contributed by atoms with Crippen LogP contribution >= 0.6 is 0 Å². The number of benzene rings is 7. The molecule has 0 radical (unpaired) electrons. The highest BCUT2D eigenvalue weighted by molar-refractivity contribution is 6.12. The topological polar surface area (TPSA) is 0 Å². The lowest BCUT2D eigenvalue weighted by molar-refractivity contribution is 1.58. The smallest absolute Gasteiger partial charge is 0.00139 e. The molecule has 9 rings (SSSR count). The molecule has 0 unspecified atom stereocenters. The van der Waals surface area contributed by atoms with Crippen LogP contribution in [-0.4, -0.2) is 0 Å². The van der Waals surface area contributed by atoms with Gasteiger partial charge in [0.05, 0.1) is 0 Å². The molecule has 0 aromatic heterocycles. The summed E-state index contributed by atoms with van der Waals surface area (Å²) in [5.74, 6) is 0. The Morgan fingerprint density at radius 2 is 0.400 bits per heavy atom. The van der Waals surface area contributed by atoms with Gasteiger partial charge in [-0.3, -0.25) is 0 Å². The van der Waals surface area contributed by atoms with Crippen molar-refractivity contribution in [1.82, 2.24) is 0 Å². The molecule has 7 aromatic rings. The lowest BCUT2D eigenvalue weighted by Gasteiger charge is -2.14. The van der Waals surface area contributed by atoms with Gasteiger partial charge in [-0.2, -0.15) is 0 Å². The zero-order chi connectivity index (χ0) is 26.2. The first-order chi connectivity index (χ1) is 19.9. The summed E-state index contributed by atoms with van der Waals surface area (Å²) in [4.78, 5) is 0. The van der Waals surface area contributed by atoms with Gasteiger partial charge in [0.25, 0.3) is 0 Å². The minimum Gasteiger partial charge on any atom is -0.0616 e. The molecule has 184 valence electrons. The van der Waals surface area contributed by atoms with E-state index < -0.39 is 0 Å². The van der Waals surface area contributed by atoms with Crippen molar-refractivity contribution in [2.45, 2.75) is 0 Å². The van der Waals surface area contributed by atoms with Crippen molar-refractivity contribution < 1.29 is 0 Å². The Balaban J connectivity index is 1.60. The van der Waals surface area contributed by atoms with Gasteiger partial charge in [-0.1, -0.05) is 146 Å². The summed E-state index contributed by atoms with van der Waals surface area (Å²) in [7, 11) is 0. The van der Waals surface area contributed by atoms with Crippen molar-refractivity contribution in [3.8, 4) is 22.3 Å². The molecule has 0 saturated carbocycles. The quantitative estimate of drug-likeness (QED) is 0.182. The molecule has 0 heteroatoms. The summed E-state index contributed by atoms with van der Waals surface area (Å²) in [6.07, 6.45) is 0. The molecule has 40 heavy (non-hydrogen) atoms. The van der Waals surface area contributed by atoms with E-state index in [2.05, 4.69) is 146 Å². The van der Waals surface area contributed by atoms with E-state index >= 15 is 0 Å². The van der Waals surface area contributed by atoms with Crippen LogP contribution in [0.4, 0.5) is 0 Å². The average Bonchev–Trinajstić information content (AvgIpc) is 3.53. The van der Waals surface area contributed by atoms with Crippen LogP contribution in [0.1, 0.15) is 22.3 Å². The Kier molecular flexibility index (Phi) is 4.42. The number of hydrogen-bond acceptors (Lipinski definition) is 0. The highest BCUT2D eigenvalue weighted by Crippen LogP contribution is 2.45. The first kappa shape index (κ1) is 21.7. The third-order valence-electron chi connectivity index (χ3n) is 8.80. The summed E-state index contributed by atoms with van der Waals surface area (Å²) < 4.78 is 0. The van der Waals surface area contributed by atoms with E-state index in [-0.39, 0.29) is 0 Å². The van der Waals surface area contributed by atoms with Crippen LogP contribution in [0, 0.1) is 0 Å². The third kappa shape index (κ3) is 2.80. The largest absolute Gasteiger partial charge is 0.0616 e. The van der Waals surface area contributed by atoms with Gasteiger partial charge in [-0.15, -0.1) is 0 Å². The van der Waals surface area contributed by atoms with E-state index in [9.17, 15) is 0 Å². The molecule has 0 heterocycles. The second-order valence-electron chi connectivity index (χ2n) is 10.8. The second kappa shape index (κ2) is 8.15. The van der Waals surface area contributed by atoms with Crippen molar-refractivity contribution in [1.29, 1.82) is 0 Å². The predicted octanol–water partition coefficient (Wildman–Crippen LogP) is 8.45. The Labute approximate surface area is 232 Å². The SMILES string of the molecule is c1ccc2c(c1)C(=c1c3ccccc3c(=C3c4ccccc4-c4ccccc43)c3ccccc13)c1ccccc1-2. The maximum atomic E-state index is 2.32. The summed E-state index contributed by atoms with van der Waals surface area (Å²) >= 11 is 0. The minimum atomic E-state index is 1.30. The van der Waals surface area contributed by atoms with E-state index in [4.69, 9.17) is 0 Å². The van der Waals surface area contributed by atoms with Gasteiger partial charge in [-0.25, -0.2) is 0 Å². The third-order valence-corrected chi connectivity index (χ3v) is 8.80. The molecule has 0 spiro atoms. The molecule has 2 aliphatic carbocycles. The highest BCUT2D eigenvalue weighted by Gasteiger charge is 2.27. The predicted molar refractivity (Wildman–Crippen MR) is 168 cm³/mol. The van der Waals surface area contributed by atoms with Crippen molar-refractivity contribution in [2.24, 2.45) is 0 Å². The Bertz CT molecular complexity index is 1990. The van der Waals surface area contributed by atoms with Gasteiger partial charge >= 0.3 is 0 Å². The summed E-state index contributed by atoms with van der Waals surface area (Å²) in [5, 5.41) is 7.85. The van der Waals surface area contributed by atoms with Gasteiger partial charge in [0.2, 0.25) is 0 Å². The van der Waals surface area contributed by atoms with Crippen molar-refractivity contribution >= 4 is 32.7 Å². The van der Waals surface area contributed by atoms with Crippen molar-refractivity contribution in [2.75, 3.05) is 0 Å². The standard InChI is InChI=1S/C40H24/c1-5-17-29-25(13-1)26-14-2-6-18-30(26)37(29)39-33-21-9-11-23-35(33)40(36-24-12-10-22-34(36)39)38-31-19-7-3-15-27(31)28-16-4-8-20-32(28)38/h1-24H. The molecule has 0 amide bonds. The van der Waals surface area contributed by atoms with E-state index in [1.807, 2.05) is 0 Å².